The Kier molecular flexibility index (Phi) is 1.95. The highest BCUT2D eigenvalue weighted by Gasteiger charge is 2.22. The van der Waals surface area contributed by atoms with Gasteiger partial charge in [0.1, 0.15) is 6.33 Å². The van der Waals surface area contributed by atoms with Gasteiger partial charge in [-0.05, 0) is 0 Å². The van der Waals surface area contributed by atoms with Crippen molar-refractivity contribution in [3.05, 3.63) is 18.7 Å². The molecule has 1 fully saturated rings. The highest BCUT2D eigenvalue weighted by Crippen LogP contribution is 2.13. The maximum absolute atomic E-state index is 11.1. The van der Waals surface area contributed by atoms with Crippen LogP contribution in [0.25, 0.3) is 5.65 Å². The summed E-state index contributed by atoms with van der Waals surface area (Å²) in [6.07, 6.45) is 5.53. The summed E-state index contributed by atoms with van der Waals surface area (Å²) in [6.45, 7) is 0.621. The van der Waals surface area contributed by atoms with Gasteiger partial charge in [-0.25, -0.2) is 4.98 Å². The van der Waals surface area contributed by atoms with Crippen LogP contribution in [0.4, 0.5) is 5.82 Å². The number of fused-ring (bicyclic) bond motifs is 1. The largest absolute Gasteiger partial charge is 0.362 e. The predicted octanol–water partition coefficient (Wildman–Crippen LogP) is -0.575. The van der Waals surface area contributed by atoms with Gasteiger partial charge in [0.05, 0.1) is 6.04 Å². The Morgan fingerprint density at radius 3 is 3.31 bits per heavy atom. The number of carbonyl (C=O) groups excluding carboxylic acids is 1. The molecule has 2 N–H and O–H groups in total. The van der Waals surface area contributed by atoms with E-state index in [1.165, 1.54) is 0 Å². The Bertz CT molecular complexity index is 536. The molecule has 0 radical (unpaired) electrons. The molecule has 1 aliphatic heterocycles. The Balaban J connectivity index is 1.88. The monoisotopic (exact) mass is 218 g/mol. The Hall–Kier alpha value is -2.18. The first-order valence-electron chi connectivity index (χ1n) is 5.00. The lowest BCUT2D eigenvalue weighted by Crippen LogP contribution is -2.23. The van der Waals surface area contributed by atoms with E-state index in [4.69, 9.17) is 0 Å². The number of rotatable bonds is 2. The second kappa shape index (κ2) is 3.44. The lowest BCUT2D eigenvalue weighted by molar-refractivity contribution is -0.119. The quantitative estimate of drug-likeness (QED) is 0.704. The molecular formula is C9H10N6O. The van der Waals surface area contributed by atoms with Crippen LogP contribution in [0.1, 0.15) is 6.42 Å². The lowest BCUT2D eigenvalue weighted by atomic mass is 10.2. The highest BCUT2D eigenvalue weighted by atomic mass is 16.1. The fourth-order valence-corrected chi connectivity index (χ4v) is 1.76. The zero-order valence-corrected chi connectivity index (χ0v) is 8.42. The molecule has 7 heteroatoms. The summed E-state index contributed by atoms with van der Waals surface area (Å²) in [5.74, 6) is 0.715. The summed E-state index contributed by atoms with van der Waals surface area (Å²) in [6, 6.07) is 0.0721. The lowest BCUT2D eigenvalue weighted by Gasteiger charge is -2.10. The first-order valence-corrected chi connectivity index (χ1v) is 5.00. The fourth-order valence-electron chi connectivity index (χ4n) is 1.76. The van der Waals surface area contributed by atoms with Gasteiger partial charge < -0.3 is 10.6 Å². The summed E-state index contributed by atoms with van der Waals surface area (Å²) < 4.78 is 1.78. The van der Waals surface area contributed by atoms with Crippen LogP contribution in [-0.2, 0) is 4.79 Å². The molecule has 1 atom stereocenters. The van der Waals surface area contributed by atoms with Gasteiger partial charge in [-0.2, -0.15) is 0 Å². The number of aromatic nitrogens is 4. The molecule has 0 saturated carbocycles. The van der Waals surface area contributed by atoms with E-state index in [1.54, 1.807) is 23.1 Å². The number of anilines is 1. The first kappa shape index (κ1) is 9.08. The van der Waals surface area contributed by atoms with Gasteiger partial charge in [0.25, 0.3) is 0 Å². The third kappa shape index (κ3) is 1.46. The van der Waals surface area contributed by atoms with Gasteiger partial charge >= 0.3 is 0 Å². The molecule has 1 amide bonds. The van der Waals surface area contributed by atoms with E-state index in [0.29, 0.717) is 24.4 Å². The second-order valence-corrected chi connectivity index (χ2v) is 3.69. The topological polar surface area (TPSA) is 84.2 Å². The van der Waals surface area contributed by atoms with Gasteiger partial charge in [-0.3, -0.25) is 9.20 Å². The Morgan fingerprint density at radius 2 is 2.50 bits per heavy atom. The van der Waals surface area contributed by atoms with Gasteiger partial charge in [0, 0.05) is 25.4 Å². The van der Waals surface area contributed by atoms with Crippen LogP contribution in [0.3, 0.4) is 0 Å². The minimum atomic E-state index is 0.0610. The number of carbonyl (C=O) groups is 1. The van der Waals surface area contributed by atoms with Crippen molar-refractivity contribution >= 4 is 17.4 Å². The van der Waals surface area contributed by atoms with Crippen molar-refractivity contribution in [1.29, 1.82) is 0 Å². The molecule has 0 spiro atoms. The normalized spacial score (nSPS) is 20.0. The summed E-state index contributed by atoms with van der Waals surface area (Å²) in [5.41, 5.74) is 0.668. The number of hydrogen-bond donors (Lipinski definition) is 2. The van der Waals surface area contributed by atoms with Crippen LogP contribution < -0.4 is 10.6 Å². The molecule has 0 bridgehead atoms. The average molecular weight is 218 g/mol. The molecule has 1 saturated heterocycles. The minimum absolute atomic E-state index is 0.0610. The van der Waals surface area contributed by atoms with Gasteiger partial charge in [0.2, 0.25) is 11.6 Å². The van der Waals surface area contributed by atoms with Gasteiger partial charge in [-0.1, -0.05) is 0 Å². The van der Waals surface area contributed by atoms with Crippen molar-refractivity contribution in [2.45, 2.75) is 12.5 Å². The van der Waals surface area contributed by atoms with E-state index >= 15 is 0 Å². The van der Waals surface area contributed by atoms with Crippen LogP contribution >= 0.6 is 0 Å². The van der Waals surface area contributed by atoms with Crippen LogP contribution in [0, 0.1) is 0 Å². The summed E-state index contributed by atoms with van der Waals surface area (Å²) in [7, 11) is 0. The van der Waals surface area contributed by atoms with Crippen LogP contribution in [0.5, 0.6) is 0 Å². The van der Waals surface area contributed by atoms with E-state index in [0.717, 1.165) is 0 Å². The van der Waals surface area contributed by atoms with E-state index < -0.39 is 0 Å². The number of nitrogens with one attached hydrogen (secondary N) is 2. The van der Waals surface area contributed by atoms with Crippen molar-refractivity contribution in [1.82, 2.24) is 24.9 Å². The summed E-state index contributed by atoms with van der Waals surface area (Å²) >= 11 is 0. The standard InChI is InChI=1S/C9H10N6O/c16-7-3-6(4-11-7)13-8-9-14-12-5-15(9)2-1-10-8/h1-2,5-6H,3-4H2,(H,10,13)(H,11,16). The van der Waals surface area contributed by atoms with Gasteiger partial charge in [-0.15, -0.1) is 10.2 Å². The van der Waals surface area contributed by atoms with Crippen molar-refractivity contribution in [3.8, 4) is 0 Å². The molecule has 3 rings (SSSR count). The molecule has 1 aliphatic rings. The van der Waals surface area contributed by atoms with Crippen LogP contribution in [0.15, 0.2) is 18.7 Å². The molecule has 7 nitrogen and oxygen atoms in total. The Labute approximate surface area is 90.9 Å². The molecular weight excluding hydrogens is 208 g/mol. The molecule has 2 aromatic heterocycles. The SMILES string of the molecule is O=C1CC(Nc2nccn3cnnc23)CN1. The second-order valence-electron chi connectivity index (χ2n) is 3.69. The first-order chi connectivity index (χ1) is 7.83. The van der Waals surface area contributed by atoms with E-state index in [9.17, 15) is 4.79 Å². The van der Waals surface area contributed by atoms with E-state index in [-0.39, 0.29) is 11.9 Å². The van der Waals surface area contributed by atoms with Gasteiger partial charge in [0.15, 0.2) is 5.82 Å². The maximum atomic E-state index is 11.1. The van der Waals surface area contributed by atoms with Crippen molar-refractivity contribution in [2.24, 2.45) is 0 Å². The summed E-state index contributed by atoms with van der Waals surface area (Å²) in [5, 5.41) is 13.7. The molecule has 2 aromatic rings. The van der Waals surface area contributed by atoms with Crippen molar-refractivity contribution in [3.63, 3.8) is 0 Å². The zero-order valence-electron chi connectivity index (χ0n) is 8.42. The maximum Gasteiger partial charge on any atom is 0.222 e. The van der Waals surface area contributed by atoms with E-state index in [2.05, 4.69) is 25.8 Å². The predicted molar refractivity (Wildman–Crippen MR) is 55.8 cm³/mol. The molecule has 16 heavy (non-hydrogen) atoms. The smallest absolute Gasteiger partial charge is 0.222 e. The molecule has 0 aliphatic carbocycles. The van der Waals surface area contributed by atoms with E-state index in [1.807, 2.05) is 0 Å². The fraction of sp³-hybridized carbons (Fsp3) is 0.333. The molecule has 82 valence electrons. The van der Waals surface area contributed by atoms with Crippen LogP contribution in [-0.4, -0.2) is 38.1 Å². The zero-order chi connectivity index (χ0) is 11.0. The van der Waals surface area contributed by atoms with Crippen molar-refractivity contribution in [2.75, 3.05) is 11.9 Å². The highest BCUT2D eigenvalue weighted by molar-refractivity contribution is 5.80. The van der Waals surface area contributed by atoms with Crippen LogP contribution in [0.2, 0.25) is 0 Å². The molecule has 0 aromatic carbocycles. The average Bonchev–Trinajstić information content (AvgIpc) is 2.87. The number of amides is 1. The summed E-state index contributed by atoms with van der Waals surface area (Å²) in [4.78, 5) is 15.2. The third-order valence-corrected chi connectivity index (χ3v) is 2.53. The number of hydrogen-bond acceptors (Lipinski definition) is 5. The molecule has 3 heterocycles. The minimum Gasteiger partial charge on any atom is -0.362 e. The van der Waals surface area contributed by atoms with Crippen molar-refractivity contribution < 1.29 is 4.79 Å². The Morgan fingerprint density at radius 1 is 1.56 bits per heavy atom. The number of nitrogens with zero attached hydrogens (tertiary/aromatic N) is 4. The molecule has 1 unspecified atom stereocenters. The third-order valence-electron chi connectivity index (χ3n) is 2.53.